The van der Waals surface area contributed by atoms with Crippen molar-refractivity contribution in [2.75, 3.05) is 25.2 Å². The van der Waals surface area contributed by atoms with Crippen molar-refractivity contribution < 1.29 is 9.13 Å². The Hall–Kier alpha value is -0.740. The van der Waals surface area contributed by atoms with E-state index in [-0.39, 0.29) is 5.82 Å². The normalized spacial score (nSPS) is 10.5. The van der Waals surface area contributed by atoms with Crippen molar-refractivity contribution in [3.63, 3.8) is 0 Å². The largest absolute Gasteiger partial charge is 0.492 e. The molecule has 0 atom stereocenters. The first-order valence-corrected chi connectivity index (χ1v) is 7.28. The molecule has 0 spiro atoms. The van der Waals surface area contributed by atoms with Crippen LogP contribution in [-0.4, -0.2) is 25.2 Å². The van der Waals surface area contributed by atoms with Gasteiger partial charge in [0.1, 0.15) is 11.6 Å². The minimum Gasteiger partial charge on any atom is -0.492 e. The topological polar surface area (TPSA) is 21.3 Å². The van der Waals surface area contributed by atoms with Crippen molar-refractivity contribution in [3.05, 3.63) is 29.6 Å². The molecule has 2 nitrogen and oxygen atoms in total. The lowest BCUT2D eigenvalue weighted by atomic mass is 10.2. The maximum Gasteiger partial charge on any atom is 0.124 e. The highest BCUT2D eigenvalue weighted by Crippen LogP contribution is 2.19. The summed E-state index contributed by atoms with van der Waals surface area (Å²) >= 11 is 1.74. The lowest BCUT2D eigenvalue weighted by molar-refractivity contribution is 0.338. The summed E-state index contributed by atoms with van der Waals surface area (Å²) in [5, 5.41) is 3.26. The maximum atomic E-state index is 13.2. The number of halogens is 1. The summed E-state index contributed by atoms with van der Waals surface area (Å²) in [7, 11) is 0. The van der Waals surface area contributed by atoms with Crippen molar-refractivity contribution in [1.82, 2.24) is 5.32 Å². The smallest absolute Gasteiger partial charge is 0.124 e. The van der Waals surface area contributed by atoms with Crippen molar-refractivity contribution in [2.24, 2.45) is 0 Å². The van der Waals surface area contributed by atoms with Gasteiger partial charge in [0, 0.05) is 17.9 Å². The number of benzene rings is 1. The molecule has 0 radical (unpaired) electrons. The second-order valence-corrected chi connectivity index (χ2v) is 4.76. The Balaban J connectivity index is 2.59. The number of rotatable bonds is 8. The number of thioether (sulfide) groups is 1. The van der Waals surface area contributed by atoms with Crippen LogP contribution in [0.25, 0.3) is 0 Å². The lowest BCUT2D eigenvalue weighted by Crippen LogP contribution is -2.15. The molecule has 4 heteroatoms. The fraction of sp³-hybridized carbons (Fsp3) is 0.538. The monoisotopic (exact) mass is 257 g/mol. The molecule has 96 valence electrons. The van der Waals surface area contributed by atoms with Crippen LogP contribution >= 0.6 is 11.8 Å². The van der Waals surface area contributed by atoms with Crippen LogP contribution in [0.5, 0.6) is 5.75 Å². The fourth-order valence-electron chi connectivity index (χ4n) is 1.46. The highest BCUT2D eigenvalue weighted by molar-refractivity contribution is 7.98. The van der Waals surface area contributed by atoms with Crippen LogP contribution in [0.2, 0.25) is 0 Å². The standard InChI is InChI=1S/C13H20FNOS/c1-3-6-15-10-11-9-12(14)4-5-13(11)16-7-8-17-2/h4-5,9,15H,3,6-8,10H2,1-2H3. The molecule has 17 heavy (non-hydrogen) atoms. The van der Waals surface area contributed by atoms with Gasteiger partial charge in [-0.05, 0) is 37.4 Å². The van der Waals surface area contributed by atoms with Gasteiger partial charge in [-0.1, -0.05) is 6.92 Å². The molecule has 0 amide bonds. The van der Waals surface area contributed by atoms with Crippen LogP contribution in [0.1, 0.15) is 18.9 Å². The molecule has 1 N–H and O–H groups in total. The van der Waals surface area contributed by atoms with Gasteiger partial charge >= 0.3 is 0 Å². The summed E-state index contributed by atoms with van der Waals surface area (Å²) < 4.78 is 18.8. The van der Waals surface area contributed by atoms with Crippen molar-refractivity contribution in [3.8, 4) is 5.75 Å². The molecule has 0 bridgehead atoms. The van der Waals surface area contributed by atoms with Crippen LogP contribution < -0.4 is 10.1 Å². The third-order valence-electron chi connectivity index (χ3n) is 2.31. The van der Waals surface area contributed by atoms with Gasteiger partial charge in [-0.25, -0.2) is 4.39 Å². The third kappa shape index (κ3) is 5.41. The summed E-state index contributed by atoms with van der Waals surface area (Å²) in [6, 6.07) is 4.69. The molecule has 0 aromatic heterocycles. The van der Waals surface area contributed by atoms with E-state index < -0.39 is 0 Å². The van der Waals surface area contributed by atoms with Crippen LogP contribution in [-0.2, 0) is 6.54 Å². The summed E-state index contributed by atoms with van der Waals surface area (Å²) in [4.78, 5) is 0. The molecule has 1 rings (SSSR count). The van der Waals surface area contributed by atoms with E-state index in [0.717, 1.165) is 30.0 Å². The third-order valence-corrected chi connectivity index (χ3v) is 2.88. The fourth-order valence-corrected chi connectivity index (χ4v) is 1.71. The van der Waals surface area contributed by atoms with E-state index in [9.17, 15) is 4.39 Å². The van der Waals surface area contributed by atoms with Gasteiger partial charge in [0.05, 0.1) is 6.61 Å². The van der Waals surface area contributed by atoms with E-state index in [4.69, 9.17) is 4.74 Å². The molecule has 0 fully saturated rings. The van der Waals surface area contributed by atoms with E-state index in [2.05, 4.69) is 12.2 Å². The average Bonchev–Trinajstić information content (AvgIpc) is 2.32. The first-order chi connectivity index (χ1) is 8.27. The van der Waals surface area contributed by atoms with Gasteiger partial charge < -0.3 is 10.1 Å². The zero-order valence-electron chi connectivity index (χ0n) is 10.5. The summed E-state index contributed by atoms with van der Waals surface area (Å²) in [5.41, 5.74) is 0.888. The van der Waals surface area contributed by atoms with Crippen LogP contribution in [0.4, 0.5) is 4.39 Å². The molecule has 0 aliphatic carbocycles. The highest BCUT2D eigenvalue weighted by Gasteiger charge is 2.05. The summed E-state index contributed by atoms with van der Waals surface area (Å²) in [5.74, 6) is 1.51. The van der Waals surface area contributed by atoms with E-state index in [1.54, 1.807) is 17.8 Å². The molecule has 0 saturated heterocycles. The first kappa shape index (κ1) is 14.3. The van der Waals surface area contributed by atoms with Gasteiger partial charge in [0.15, 0.2) is 0 Å². The zero-order chi connectivity index (χ0) is 12.5. The Kier molecular flexibility index (Phi) is 7.05. The van der Waals surface area contributed by atoms with Gasteiger partial charge in [-0.3, -0.25) is 0 Å². The molecular formula is C13H20FNOS. The summed E-state index contributed by atoms with van der Waals surface area (Å²) in [6.45, 7) is 4.35. The Labute approximate surface area is 107 Å². The maximum absolute atomic E-state index is 13.2. The summed E-state index contributed by atoms with van der Waals surface area (Å²) in [6.07, 6.45) is 3.11. The van der Waals surface area contributed by atoms with Crippen molar-refractivity contribution >= 4 is 11.8 Å². The Bertz CT molecular complexity index is 333. The average molecular weight is 257 g/mol. The van der Waals surface area contributed by atoms with Crippen LogP contribution in [0.3, 0.4) is 0 Å². The minimum atomic E-state index is -0.212. The van der Waals surface area contributed by atoms with Gasteiger partial charge in [0.2, 0.25) is 0 Å². The van der Waals surface area contributed by atoms with E-state index in [1.807, 2.05) is 6.26 Å². The van der Waals surface area contributed by atoms with Crippen LogP contribution in [0, 0.1) is 5.82 Å². The molecule has 0 aliphatic rings. The van der Waals surface area contributed by atoms with E-state index in [1.165, 1.54) is 12.1 Å². The van der Waals surface area contributed by atoms with E-state index >= 15 is 0 Å². The molecule has 0 saturated carbocycles. The van der Waals surface area contributed by atoms with Gasteiger partial charge in [-0.15, -0.1) is 0 Å². The van der Waals surface area contributed by atoms with Gasteiger partial charge in [0.25, 0.3) is 0 Å². The van der Waals surface area contributed by atoms with E-state index in [0.29, 0.717) is 13.2 Å². The molecule has 0 unspecified atom stereocenters. The number of hydrogen-bond acceptors (Lipinski definition) is 3. The second kappa shape index (κ2) is 8.37. The Morgan fingerprint density at radius 2 is 2.24 bits per heavy atom. The molecular weight excluding hydrogens is 237 g/mol. The predicted molar refractivity (Wildman–Crippen MR) is 72.3 cm³/mol. The molecule has 0 heterocycles. The first-order valence-electron chi connectivity index (χ1n) is 5.88. The molecule has 0 aliphatic heterocycles. The van der Waals surface area contributed by atoms with Crippen LogP contribution in [0.15, 0.2) is 18.2 Å². The molecule has 1 aromatic rings. The number of ether oxygens (including phenoxy) is 1. The Morgan fingerprint density at radius 1 is 1.41 bits per heavy atom. The lowest BCUT2D eigenvalue weighted by Gasteiger charge is -2.11. The highest BCUT2D eigenvalue weighted by atomic mass is 32.2. The van der Waals surface area contributed by atoms with Crippen molar-refractivity contribution in [2.45, 2.75) is 19.9 Å². The number of hydrogen-bond donors (Lipinski definition) is 1. The zero-order valence-corrected chi connectivity index (χ0v) is 11.3. The number of nitrogens with one attached hydrogen (secondary N) is 1. The SMILES string of the molecule is CCCNCc1cc(F)ccc1OCCSC. The quantitative estimate of drug-likeness (QED) is 0.723. The minimum absolute atomic E-state index is 0.212. The van der Waals surface area contributed by atoms with Gasteiger partial charge in [-0.2, -0.15) is 11.8 Å². The predicted octanol–water partition coefficient (Wildman–Crippen LogP) is 3.07. The second-order valence-electron chi connectivity index (χ2n) is 3.77. The van der Waals surface area contributed by atoms with Crippen molar-refractivity contribution in [1.29, 1.82) is 0 Å². The molecule has 1 aromatic carbocycles. The Morgan fingerprint density at radius 3 is 2.94 bits per heavy atom.